The normalized spacial score (nSPS) is 12.0. The van der Waals surface area contributed by atoms with Gasteiger partial charge in [-0.15, -0.1) is 0 Å². The Labute approximate surface area is 118 Å². The molecule has 21 heavy (non-hydrogen) atoms. The molecule has 3 rings (SSSR count). The van der Waals surface area contributed by atoms with Crippen LogP contribution < -0.4 is 5.73 Å². The van der Waals surface area contributed by atoms with E-state index in [2.05, 4.69) is 4.98 Å². The van der Waals surface area contributed by atoms with Gasteiger partial charge in [-0.2, -0.15) is 13.2 Å². The fourth-order valence-corrected chi connectivity index (χ4v) is 2.20. The third-order valence-electron chi connectivity index (χ3n) is 3.27. The number of rotatable bonds is 2. The van der Waals surface area contributed by atoms with Crippen molar-refractivity contribution < 1.29 is 13.2 Å². The molecule has 0 bridgehead atoms. The molecular formula is C15H12F3N3. The van der Waals surface area contributed by atoms with Crippen molar-refractivity contribution in [3.05, 3.63) is 65.5 Å². The number of anilines is 1. The second-order valence-electron chi connectivity index (χ2n) is 4.75. The molecule has 0 amide bonds. The van der Waals surface area contributed by atoms with E-state index in [0.717, 1.165) is 17.8 Å². The van der Waals surface area contributed by atoms with E-state index in [0.29, 0.717) is 17.8 Å². The molecule has 0 radical (unpaired) electrons. The van der Waals surface area contributed by atoms with Crippen LogP contribution in [0, 0.1) is 0 Å². The van der Waals surface area contributed by atoms with Gasteiger partial charge in [0.15, 0.2) is 0 Å². The number of aromatic nitrogens is 2. The van der Waals surface area contributed by atoms with Gasteiger partial charge in [-0.1, -0.05) is 30.3 Å². The Morgan fingerprint density at radius 2 is 1.76 bits per heavy atom. The van der Waals surface area contributed by atoms with Gasteiger partial charge in [0.2, 0.25) is 0 Å². The van der Waals surface area contributed by atoms with E-state index in [1.54, 1.807) is 0 Å². The summed E-state index contributed by atoms with van der Waals surface area (Å²) in [6, 6.07) is 11.9. The summed E-state index contributed by atoms with van der Waals surface area (Å²) in [5.74, 6) is 0.236. The fourth-order valence-electron chi connectivity index (χ4n) is 2.20. The molecule has 0 atom stereocenters. The van der Waals surface area contributed by atoms with Crippen molar-refractivity contribution >= 4 is 11.5 Å². The highest BCUT2D eigenvalue weighted by Gasteiger charge is 2.31. The number of fused-ring (bicyclic) bond motifs is 1. The molecule has 108 valence electrons. The summed E-state index contributed by atoms with van der Waals surface area (Å²) in [6.07, 6.45) is -2.94. The topological polar surface area (TPSA) is 43.3 Å². The van der Waals surface area contributed by atoms with Crippen LogP contribution in [0.25, 0.3) is 5.65 Å². The zero-order valence-electron chi connectivity index (χ0n) is 10.9. The van der Waals surface area contributed by atoms with Crippen molar-refractivity contribution in [2.24, 2.45) is 0 Å². The lowest BCUT2D eigenvalue weighted by Gasteiger charge is -2.07. The SMILES string of the molecule is Nc1c(Cc2ccccc2)nc2ccc(C(F)(F)F)cn12. The average Bonchev–Trinajstić information content (AvgIpc) is 2.75. The molecule has 0 saturated heterocycles. The van der Waals surface area contributed by atoms with E-state index in [1.807, 2.05) is 30.3 Å². The molecule has 2 heterocycles. The first-order valence-electron chi connectivity index (χ1n) is 6.33. The predicted molar refractivity (Wildman–Crippen MR) is 73.9 cm³/mol. The summed E-state index contributed by atoms with van der Waals surface area (Å²) in [5, 5.41) is 0. The first-order valence-corrected chi connectivity index (χ1v) is 6.33. The Bertz CT molecular complexity index is 776. The minimum Gasteiger partial charge on any atom is -0.383 e. The molecule has 3 nitrogen and oxygen atoms in total. The van der Waals surface area contributed by atoms with Gasteiger partial charge in [0.05, 0.1) is 11.3 Å². The Hall–Kier alpha value is -2.50. The number of hydrogen-bond acceptors (Lipinski definition) is 2. The van der Waals surface area contributed by atoms with Crippen LogP contribution in [0.15, 0.2) is 48.7 Å². The fraction of sp³-hybridized carbons (Fsp3) is 0.133. The van der Waals surface area contributed by atoms with Crippen LogP contribution in [0.5, 0.6) is 0 Å². The Balaban J connectivity index is 2.04. The number of pyridine rings is 1. The minimum atomic E-state index is -4.40. The second kappa shape index (κ2) is 4.80. The van der Waals surface area contributed by atoms with Gasteiger partial charge in [-0.05, 0) is 17.7 Å². The summed E-state index contributed by atoms with van der Waals surface area (Å²) in [6.45, 7) is 0. The van der Waals surface area contributed by atoms with Gasteiger partial charge in [-0.25, -0.2) is 4.98 Å². The zero-order valence-corrected chi connectivity index (χ0v) is 10.9. The van der Waals surface area contributed by atoms with E-state index in [-0.39, 0.29) is 5.82 Å². The molecule has 0 saturated carbocycles. The first kappa shape index (κ1) is 13.5. The summed E-state index contributed by atoms with van der Waals surface area (Å²) in [5.41, 5.74) is 7.17. The first-order chi connectivity index (χ1) is 9.95. The largest absolute Gasteiger partial charge is 0.417 e. The van der Waals surface area contributed by atoms with E-state index in [9.17, 15) is 13.2 Å². The van der Waals surface area contributed by atoms with Crippen LogP contribution in [0.4, 0.5) is 19.0 Å². The van der Waals surface area contributed by atoms with Crippen LogP contribution in [-0.2, 0) is 12.6 Å². The summed E-state index contributed by atoms with van der Waals surface area (Å²) >= 11 is 0. The molecule has 6 heteroatoms. The maximum Gasteiger partial charge on any atom is 0.417 e. The minimum absolute atomic E-state index is 0.236. The molecule has 0 aliphatic rings. The number of nitrogens with zero attached hydrogens (tertiary/aromatic N) is 2. The Morgan fingerprint density at radius 1 is 1.05 bits per heavy atom. The maximum absolute atomic E-state index is 12.7. The lowest BCUT2D eigenvalue weighted by molar-refractivity contribution is -0.137. The number of halogens is 3. The van der Waals surface area contributed by atoms with Crippen molar-refractivity contribution in [3.8, 4) is 0 Å². The summed E-state index contributed by atoms with van der Waals surface area (Å²) < 4.78 is 39.5. The Morgan fingerprint density at radius 3 is 2.43 bits per heavy atom. The van der Waals surface area contributed by atoms with Gasteiger partial charge < -0.3 is 5.73 Å². The highest BCUT2D eigenvalue weighted by Crippen LogP contribution is 2.30. The number of benzene rings is 1. The summed E-state index contributed by atoms with van der Waals surface area (Å²) in [7, 11) is 0. The van der Waals surface area contributed by atoms with Gasteiger partial charge in [-0.3, -0.25) is 4.40 Å². The van der Waals surface area contributed by atoms with E-state index < -0.39 is 11.7 Å². The molecule has 1 aromatic carbocycles. The lowest BCUT2D eigenvalue weighted by Crippen LogP contribution is -2.07. The number of imidazole rings is 1. The van der Waals surface area contributed by atoms with Crippen LogP contribution in [0.3, 0.4) is 0 Å². The monoisotopic (exact) mass is 291 g/mol. The zero-order chi connectivity index (χ0) is 15.0. The molecule has 0 aliphatic carbocycles. The van der Waals surface area contributed by atoms with E-state index in [1.165, 1.54) is 10.5 Å². The Kier molecular flexibility index (Phi) is 3.08. The highest BCUT2D eigenvalue weighted by atomic mass is 19.4. The standard InChI is InChI=1S/C15H12F3N3/c16-15(17,18)11-6-7-13-20-12(14(19)21(13)9-11)8-10-4-2-1-3-5-10/h1-7,9H,8,19H2. The third-order valence-corrected chi connectivity index (χ3v) is 3.27. The van der Waals surface area contributed by atoms with Gasteiger partial charge in [0.25, 0.3) is 0 Å². The molecule has 2 aromatic heterocycles. The van der Waals surface area contributed by atoms with Crippen LogP contribution in [0.1, 0.15) is 16.8 Å². The van der Waals surface area contributed by atoms with Crippen molar-refractivity contribution in [2.75, 3.05) is 5.73 Å². The smallest absolute Gasteiger partial charge is 0.383 e. The average molecular weight is 291 g/mol. The van der Waals surface area contributed by atoms with Gasteiger partial charge >= 0.3 is 6.18 Å². The molecule has 3 aromatic rings. The van der Waals surface area contributed by atoms with Gasteiger partial charge in [0.1, 0.15) is 11.5 Å². The van der Waals surface area contributed by atoms with E-state index in [4.69, 9.17) is 5.73 Å². The quantitative estimate of drug-likeness (QED) is 0.785. The molecule has 0 spiro atoms. The molecule has 0 fully saturated rings. The molecule has 2 N–H and O–H groups in total. The molecule has 0 unspecified atom stereocenters. The number of hydrogen-bond donors (Lipinski definition) is 1. The molecular weight excluding hydrogens is 279 g/mol. The van der Waals surface area contributed by atoms with Crippen molar-refractivity contribution in [1.82, 2.24) is 9.38 Å². The number of nitrogens with two attached hydrogens (primary N) is 1. The van der Waals surface area contributed by atoms with Gasteiger partial charge in [0, 0.05) is 12.6 Å². The van der Waals surface area contributed by atoms with E-state index >= 15 is 0 Å². The van der Waals surface area contributed by atoms with Crippen molar-refractivity contribution in [2.45, 2.75) is 12.6 Å². The third kappa shape index (κ3) is 2.56. The number of alkyl halides is 3. The van der Waals surface area contributed by atoms with Crippen molar-refractivity contribution in [1.29, 1.82) is 0 Å². The highest BCUT2D eigenvalue weighted by molar-refractivity contribution is 5.54. The molecule has 0 aliphatic heterocycles. The van der Waals surface area contributed by atoms with Crippen molar-refractivity contribution in [3.63, 3.8) is 0 Å². The van der Waals surface area contributed by atoms with Crippen LogP contribution in [-0.4, -0.2) is 9.38 Å². The number of nitrogen functional groups attached to an aromatic ring is 1. The summed E-state index contributed by atoms with van der Waals surface area (Å²) in [4.78, 5) is 4.30. The lowest BCUT2D eigenvalue weighted by atomic mass is 10.1. The van der Waals surface area contributed by atoms with Crippen LogP contribution >= 0.6 is 0 Å². The predicted octanol–water partition coefficient (Wildman–Crippen LogP) is 3.53. The maximum atomic E-state index is 12.7. The second-order valence-corrected chi connectivity index (χ2v) is 4.75. The van der Waals surface area contributed by atoms with Crippen LogP contribution in [0.2, 0.25) is 0 Å².